The topological polar surface area (TPSA) is 55.2 Å². The fourth-order valence-corrected chi connectivity index (χ4v) is 3.37. The van der Waals surface area contributed by atoms with E-state index in [0.29, 0.717) is 17.8 Å². The largest absolute Gasteiger partial charge is 0.310 e. The molecule has 1 aromatic heterocycles. The molecule has 0 unspecified atom stereocenters. The SMILES string of the molecule is C[C@H](C(=O)N1CCc2ccccc21)n1nc(-c2ccc(F)cc2)ccc1=O. The van der Waals surface area contributed by atoms with Gasteiger partial charge in [0.1, 0.15) is 11.9 Å². The number of fused-ring (bicyclic) bond motifs is 1. The predicted octanol–water partition coefficient (Wildman–Crippen LogP) is 3.20. The number of hydrogen-bond acceptors (Lipinski definition) is 3. The van der Waals surface area contributed by atoms with Crippen LogP contribution in [0.25, 0.3) is 11.3 Å². The van der Waals surface area contributed by atoms with Crippen molar-refractivity contribution in [3.63, 3.8) is 0 Å². The molecule has 0 N–H and O–H groups in total. The van der Waals surface area contributed by atoms with Crippen LogP contribution < -0.4 is 10.5 Å². The molecule has 0 fully saturated rings. The average molecular weight is 363 g/mol. The van der Waals surface area contributed by atoms with Crippen LogP contribution in [-0.2, 0) is 11.2 Å². The smallest absolute Gasteiger partial charge is 0.267 e. The van der Waals surface area contributed by atoms with Crippen molar-refractivity contribution >= 4 is 11.6 Å². The van der Waals surface area contributed by atoms with Crippen LogP contribution in [0.3, 0.4) is 0 Å². The molecule has 0 spiro atoms. The molecule has 5 nitrogen and oxygen atoms in total. The van der Waals surface area contributed by atoms with Gasteiger partial charge in [0, 0.05) is 23.9 Å². The van der Waals surface area contributed by atoms with E-state index < -0.39 is 6.04 Å². The van der Waals surface area contributed by atoms with Gasteiger partial charge < -0.3 is 4.90 Å². The summed E-state index contributed by atoms with van der Waals surface area (Å²) >= 11 is 0. The van der Waals surface area contributed by atoms with E-state index in [0.717, 1.165) is 17.7 Å². The standard InChI is InChI=1S/C21H18FN3O2/c1-14(21(27)24-13-12-16-4-2-3-5-19(16)24)25-20(26)11-10-18(23-25)15-6-8-17(22)9-7-15/h2-11,14H,12-13H2,1H3/t14-/m1/s1. The van der Waals surface area contributed by atoms with Gasteiger partial charge in [-0.15, -0.1) is 0 Å². The number of amides is 1. The highest BCUT2D eigenvalue weighted by Crippen LogP contribution is 2.29. The lowest BCUT2D eigenvalue weighted by molar-refractivity contribution is -0.121. The van der Waals surface area contributed by atoms with E-state index in [4.69, 9.17) is 0 Å². The second-order valence-corrected chi connectivity index (χ2v) is 6.55. The summed E-state index contributed by atoms with van der Waals surface area (Å²) in [5, 5.41) is 4.35. The van der Waals surface area contributed by atoms with Crippen molar-refractivity contribution in [1.29, 1.82) is 0 Å². The van der Waals surface area contributed by atoms with Crippen LogP contribution in [0.2, 0.25) is 0 Å². The summed E-state index contributed by atoms with van der Waals surface area (Å²) in [6, 6.07) is 15.8. The number of anilines is 1. The van der Waals surface area contributed by atoms with Gasteiger partial charge in [-0.25, -0.2) is 9.07 Å². The fourth-order valence-electron chi connectivity index (χ4n) is 3.37. The number of carbonyl (C=O) groups excluding carboxylic acids is 1. The molecule has 0 bridgehead atoms. The number of nitrogens with zero attached hydrogens (tertiary/aromatic N) is 3. The van der Waals surface area contributed by atoms with Crippen molar-refractivity contribution in [3.05, 3.63) is 82.4 Å². The van der Waals surface area contributed by atoms with Crippen LogP contribution >= 0.6 is 0 Å². The Bertz CT molecular complexity index is 1060. The summed E-state index contributed by atoms with van der Waals surface area (Å²) in [4.78, 5) is 27.1. The van der Waals surface area contributed by atoms with Gasteiger partial charge in [-0.05, 0) is 55.3 Å². The number of para-hydroxylation sites is 1. The monoisotopic (exact) mass is 363 g/mol. The van der Waals surface area contributed by atoms with Crippen molar-refractivity contribution in [2.24, 2.45) is 0 Å². The first-order valence-electron chi connectivity index (χ1n) is 8.80. The van der Waals surface area contributed by atoms with Crippen LogP contribution in [0.5, 0.6) is 0 Å². The lowest BCUT2D eigenvalue weighted by Crippen LogP contribution is -2.39. The minimum absolute atomic E-state index is 0.175. The number of rotatable bonds is 3. The van der Waals surface area contributed by atoms with Crippen molar-refractivity contribution in [2.45, 2.75) is 19.4 Å². The van der Waals surface area contributed by atoms with E-state index >= 15 is 0 Å². The van der Waals surface area contributed by atoms with Crippen molar-refractivity contribution in [1.82, 2.24) is 9.78 Å². The molecule has 1 aliphatic heterocycles. The predicted molar refractivity (Wildman–Crippen MR) is 101 cm³/mol. The Balaban J connectivity index is 1.67. The zero-order valence-electron chi connectivity index (χ0n) is 14.8. The van der Waals surface area contributed by atoms with Crippen molar-refractivity contribution < 1.29 is 9.18 Å². The summed E-state index contributed by atoms with van der Waals surface area (Å²) in [5.41, 5.74) is 2.84. The Kier molecular flexibility index (Phi) is 4.32. The van der Waals surface area contributed by atoms with Gasteiger partial charge in [0.25, 0.3) is 11.5 Å². The lowest BCUT2D eigenvalue weighted by Gasteiger charge is -2.22. The maximum atomic E-state index is 13.1. The van der Waals surface area contributed by atoms with Crippen LogP contribution in [0.1, 0.15) is 18.5 Å². The van der Waals surface area contributed by atoms with E-state index in [1.165, 1.54) is 22.9 Å². The number of carbonyl (C=O) groups is 1. The number of hydrogen-bond donors (Lipinski definition) is 0. The number of aromatic nitrogens is 2. The summed E-state index contributed by atoms with van der Waals surface area (Å²) in [7, 11) is 0. The third kappa shape index (κ3) is 3.14. The molecule has 3 aromatic rings. The summed E-state index contributed by atoms with van der Waals surface area (Å²) in [5.74, 6) is -0.519. The summed E-state index contributed by atoms with van der Waals surface area (Å²) in [6.45, 7) is 2.26. The zero-order valence-corrected chi connectivity index (χ0v) is 14.8. The van der Waals surface area contributed by atoms with Crippen LogP contribution in [0.4, 0.5) is 10.1 Å². The molecule has 1 amide bonds. The Morgan fingerprint density at radius 2 is 1.81 bits per heavy atom. The molecule has 0 aliphatic carbocycles. The third-order valence-corrected chi connectivity index (χ3v) is 4.84. The molecule has 4 rings (SSSR count). The lowest BCUT2D eigenvalue weighted by atomic mass is 10.1. The van der Waals surface area contributed by atoms with Gasteiger partial charge in [-0.1, -0.05) is 18.2 Å². The molecule has 1 atom stereocenters. The molecule has 0 saturated heterocycles. The highest BCUT2D eigenvalue weighted by Gasteiger charge is 2.29. The highest BCUT2D eigenvalue weighted by molar-refractivity contribution is 5.97. The molecule has 6 heteroatoms. The normalized spacial score (nSPS) is 14.1. The average Bonchev–Trinajstić information content (AvgIpc) is 3.12. The Morgan fingerprint density at radius 3 is 2.59 bits per heavy atom. The van der Waals surface area contributed by atoms with E-state index in [9.17, 15) is 14.0 Å². The van der Waals surface area contributed by atoms with E-state index in [1.54, 1.807) is 30.0 Å². The maximum absolute atomic E-state index is 13.1. The van der Waals surface area contributed by atoms with Crippen molar-refractivity contribution in [3.8, 4) is 11.3 Å². The Morgan fingerprint density at radius 1 is 1.07 bits per heavy atom. The Labute approximate surface area is 155 Å². The number of benzene rings is 2. The minimum Gasteiger partial charge on any atom is -0.310 e. The second-order valence-electron chi connectivity index (χ2n) is 6.55. The molecule has 0 radical (unpaired) electrons. The van der Waals surface area contributed by atoms with E-state index in [2.05, 4.69) is 5.10 Å². The van der Waals surface area contributed by atoms with Gasteiger partial charge in [-0.3, -0.25) is 9.59 Å². The maximum Gasteiger partial charge on any atom is 0.267 e. The molecule has 136 valence electrons. The van der Waals surface area contributed by atoms with Gasteiger partial charge in [0.2, 0.25) is 0 Å². The first kappa shape index (κ1) is 17.1. The van der Waals surface area contributed by atoms with Gasteiger partial charge >= 0.3 is 0 Å². The van der Waals surface area contributed by atoms with Crippen LogP contribution in [0, 0.1) is 5.82 Å². The van der Waals surface area contributed by atoms with Gasteiger partial charge in [0.05, 0.1) is 5.69 Å². The molecule has 27 heavy (non-hydrogen) atoms. The van der Waals surface area contributed by atoms with Gasteiger partial charge in [-0.2, -0.15) is 5.10 Å². The molecule has 2 heterocycles. The molecule has 1 aliphatic rings. The molecule has 2 aromatic carbocycles. The molecular weight excluding hydrogens is 345 g/mol. The minimum atomic E-state index is -0.746. The zero-order chi connectivity index (χ0) is 19.0. The summed E-state index contributed by atoms with van der Waals surface area (Å²) < 4.78 is 14.3. The molecule has 0 saturated carbocycles. The number of halogens is 1. The van der Waals surface area contributed by atoms with Crippen molar-refractivity contribution in [2.75, 3.05) is 11.4 Å². The molecular formula is C21H18FN3O2. The van der Waals surface area contributed by atoms with E-state index in [-0.39, 0.29) is 17.3 Å². The highest BCUT2D eigenvalue weighted by atomic mass is 19.1. The van der Waals surface area contributed by atoms with Crippen LogP contribution in [-0.4, -0.2) is 22.2 Å². The first-order valence-corrected chi connectivity index (χ1v) is 8.80. The van der Waals surface area contributed by atoms with Gasteiger partial charge in [0.15, 0.2) is 0 Å². The fraction of sp³-hybridized carbons (Fsp3) is 0.190. The third-order valence-electron chi connectivity index (χ3n) is 4.84. The van der Waals surface area contributed by atoms with E-state index in [1.807, 2.05) is 24.3 Å². The quantitative estimate of drug-likeness (QED) is 0.718. The Hall–Kier alpha value is -3.28. The first-order chi connectivity index (χ1) is 13.0. The van der Waals surface area contributed by atoms with Crippen LogP contribution in [0.15, 0.2) is 65.5 Å². The summed E-state index contributed by atoms with van der Waals surface area (Å²) in [6.07, 6.45) is 0.798. The second kappa shape index (κ2) is 6.79.